The smallest absolute Gasteiger partial charge is 0.0741 e. The summed E-state index contributed by atoms with van der Waals surface area (Å²) in [5, 5.41) is 14.3. The molecule has 0 saturated heterocycles. The first kappa shape index (κ1) is 12.9. The Morgan fingerprint density at radius 3 is 3.00 bits per heavy atom. The van der Waals surface area contributed by atoms with Crippen molar-refractivity contribution < 1.29 is 5.11 Å². The minimum atomic E-state index is -0.616. The van der Waals surface area contributed by atoms with Gasteiger partial charge in [-0.25, -0.2) is 0 Å². The van der Waals surface area contributed by atoms with Gasteiger partial charge in [-0.1, -0.05) is 24.6 Å². The molecule has 94 valence electrons. The lowest BCUT2D eigenvalue weighted by Gasteiger charge is -2.24. The van der Waals surface area contributed by atoms with E-state index in [1.165, 1.54) is 11.1 Å². The molecule has 0 amide bonds. The Bertz CT molecular complexity index is 403. The van der Waals surface area contributed by atoms with Crippen molar-refractivity contribution in [2.24, 2.45) is 0 Å². The van der Waals surface area contributed by atoms with Crippen LogP contribution in [0.2, 0.25) is 5.02 Å². The van der Waals surface area contributed by atoms with Gasteiger partial charge >= 0.3 is 0 Å². The van der Waals surface area contributed by atoms with Crippen molar-refractivity contribution in [1.82, 2.24) is 5.32 Å². The summed E-state index contributed by atoms with van der Waals surface area (Å²) in [6, 6.07) is 6.46. The summed E-state index contributed by atoms with van der Waals surface area (Å²) < 4.78 is 0. The van der Waals surface area contributed by atoms with Crippen molar-refractivity contribution in [2.45, 2.75) is 44.8 Å². The van der Waals surface area contributed by atoms with E-state index in [1.54, 1.807) is 0 Å². The van der Waals surface area contributed by atoms with E-state index in [2.05, 4.69) is 17.4 Å². The molecule has 1 aliphatic rings. The van der Waals surface area contributed by atoms with E-state index in [0.29, 0.717) is 12.6 Å². The molecule has 0 aromatic heterocycles. The number of benzene rings is 1. The molecule has 0 spiro atoms. The molecule has 1 aromatic carbocycles. The highest BCUT2D eigenvalue weighted by Gasteiger charge is 2.25. The molecule has 2 atom stereocenters. The normalized spacial score (nSPS) is 22.2. The lowest BCUT2D eigenvalue weighted by molar-refractivity contribution is 0.0528. The van der Waals surface area contributed by atoms with Gasteiger partial charge in [-0.2, -0.15) is 0 Å². The fourth-order valence-electron chi connectivity index (χ4n) is 2.27. The maximum Gasteiger partial charge on any atom is 0.0741 e. The van der Waals surface area contributed by atoms with Crippen LogP contribution in [0.3, 0.4) is 0 Å². The second-order valence-electron chi connectivity index (χ2n) is 5.17. The zero-order valence-electron chi connectivity index (χ0n) is 10.5. The summed E-state index contributed by atoms with van der Waals surface area (Å²) >= 11 is 5.98. The quantitative estimate of drug-likeness (QED) is 0.864. The van der Waals surface area contributed by atoms with E-state index in [0.717, 1.165) is 24.3 Å². The number of hydrogen-bond acceptors (Lipinski definition) is 2. The highest BCUT2D eigenvalue weighted by molar-refractivity contribution is 6.30. The van der Waals surface area contributed by atoms with Crippen molar-refractivity contribution >= 4 is 11.6 Å². The van der Waals surface area contributed by atoms with Crippen LogP contribution in [0.4, 0.5) is 0 Å². The molecule has 2 rings (SSSR count). The van der Waals surface area contributed by atoms with Crippen LogP contribution in [0.25, 0.3) is 0 Å². The van der Waals surface area contributed by atoms with Gasteiger partial charge in [0.25, 0.3) is 0 Å². The molecule has 3 heteroatoms. The molecule has 1 aliphatic carbocycles. The number of rotatable bonds is 4. The van der Waals surface area contributed by atoms with E-state index in [9.17, 15) is 5.11 Å². The molecule has 0 bridgehead atoms. The summed E-state index contributed by atoms with van der Waals surface area (Å²) in [7, 11) is 0. The summed E-state index contributed by atoms with van der Waals surface area (Å²) in [5.41, 5.74) is 2.06. The first-order valence-corrected chi connectivity index (χ1v) is 6.64. The minimum absolute atomic E-state index is 0.361. The molecule has 17 heavy (non-hydrogen) atoms. The van der Waals surface area contributed by atoms with Gasteiger partial charge in [0.2, 0.25) is 0 Å². The zero-order chi connectivity index (χ0) is 12.5. The lowest BCUT2D eigenvalue weighted by atomic mass is 10.0. The maximum absolute atomic E-state index is 9.99. The average Bonchev–Trinajstić information content (AvgIpc) is 2.69. The molecular weight excluding hydrogens is 234 g/mol. The van der Waals surface area contributed by atoms with Crippen LogP contribution in [0.15, 0.2) is 18.2 Å². The number of halogens is 1. The average molecular weight is 254 g/mol. The molecule has 2 nitrogen and oxygen atoms in total. The van der Waals surface area contributed by atoms with Crippen molar-refractivity contribution in [3.63, 3.8) is 0 Å². The monoisotopic (exact) mass is 253 g/mol. The van der Waals surface area contributed by atoms with Gasteiger partial charge in [0, 0.05) is 17.6 Å². The van der Waals surface area contributed by atoms with Gasteiger partial charge in [0.15, 0.2) is 0 Å². The highest BCUT2D eigenvalue weighted by atomic mass is 35.5. The van der Waals surface area contributed by atoms with Gasteiger partial charge in [-0.3, -0.25) is 0 Å². The Kier molecular flexibility index (Phi) is 3.76. The van der Waals surface area contributed by atoms with Crippen molar-refractivity contribution in [3.8, 4) is 0 Å². The summed E-state index contributed by atoms with van der Waals surface area (Å²) in [6.45, 7) is 4.51. The third kappa shape index (κ3) is 3.01. The van der Waals surface area contributed by atoms with Crippen LogP contribution in [-0.4, -0.2) is 17.3 Å². The lowest BCUT2D eigenvalue weighted by Crippen LogP contribution is -2.38. The molecule has 0 saturated carbocycles. The molecular formula is C14H20ClNO. The topological polar surface area (TPSA) is 32.3 Å². The van der Waals surface area contributed by atoms with Crippen LogP contribution >= 0.6 is 11.6 Å². The fraction of sp³-hybridized carbons (Fsp3) is 0.571. The predicted octanol–water partition coefficient (Wildman–Crippen LogP) is 3.08. The van der Waals surface area contributed by atoms with Crippen LogP contribution in [0.5, 0.6) is 0 Å². The maximum atomic E-state index is 9.99. The first-order chi connectivity index (χ1) is 8.02. The Morgan fingerprint density at radius 1 is 1.53 bits per heavy atom. The van der Waals surface area contributed by atoms with Crippen LogP contribution in [-0.2, 0) is 6.42 Å². The Morgan fingerprint density at radius 2 is 2.29 bits per heavy atom. The van der Waals surface area contributed by atoms with Crippen molar-refractivity contribution in [3.05, 3.63) is 34.3 Å². The highest BCUT2D eigenvalue weighted by Crippen LogP contribution is 2.33. The second kappa shape index (κ2) is 4.97. The Balaban J connectivity index is 2.03. The number of nitrogens with one attached hydrogen (secondary N) is 1. The molecule has 0 fully saturated rings. The summed E-state index contributed by atoms with van der Waals surface area (Å²) in [5.74, 6) is 0. The van der Waals surface area contributed by atoms with Gasteiger partial charge in [-0.15, -0.1) is 0 Å². The van der Waals surface area contributed by atoms with Crippen LogP contribution < -0.4 is 5.32 Å². The number of aliphatic hydroxyl groups is 1. The Labute approximate surface area is 108 Å². The standard InChI is InChI=1S/C14H20ClNO/c1-3-14(2,17)9-16-13-7-4-10-8-11(15)5-6-12(10)13/h5-6,8,13,16-17H,3-4,7,9H2,1-2H3. The largest absolute Gasteiger partial charge is 0.389 e. The number of hydrogen-bond donors (Lipinski definition) is 2. The van der Waals surface area contributed by atoms with E-state index in [4.69, 9.17) is 11.6 Å². The number of fused-ring (bicyclic) bond motifs is 1. The van der Waals surface area contributed by atoms with Gasteiger partial charge in [0.1, 0.15) is 0 Å². The van der Waals surface area contributed by atoms with E-state index < -0.39 is 5.60 Å². The van der Waals surface area contributed by atoms with Gasteiger partial charge in [-0.05, 0) is 49.4 Å². The third-order valence-corrected chi connectivity index (χ3v) is 3.91. The number of aryl methyl sites for hydroxylation is 1. The molecule has 2 unspecified atom stereocenters. The minimum Gasteiger partial charge on any atom is -0.389 e. The second-order valence-corrected chi connectivity index (χ2v) is 5.60. The van der Waals surface area contributed by atoms with E-state index >= 15 is 0 Å². The molecule has 2 N–H and O–H groups in total. The molecule has 0 aliphatic heterocycles. The van der Waals surface area contributed by atoms with Crippen molar-refractivity contribution in [1.29, 1.82) is 0 Å². The summed E-state index contributed by atoms with van der Waals surface area (Å²) in [6.07, 6.45) is 2.93. The van der Waals surface area contributed by atoms with Crippen molar-refractivity contribution in [2.75, 3.05) is 6.54 Å². The molecule has 0 heterocycles. The third-order valence-electron chi connectivity index (χ3n) is 3.67. The predicted molar refractivity (Wildman–Crippen MR) is 71.4 cm³/mol. The van der Waals surface area contributed by atoms with E-state index in [1.807, 2.05) is 19.9 Å². The van der Waals surface area contributed by atoms with Crippen LogP contribution in [0, 0.1) is 0 Å². The van der Waals surface area contributed by atoms with E-state index in [-0.39, 0.29) is 0 Å². The molecule has 0 radical (unpaired) electrons. The SMILES string of the molecule is CCC(C)(O)CNC1CCc2cc(Cl)ccc21. The zero-order valence-corrected chi connectivity index (χ0v) is 11.2. The first-order valence-electron chi connectivity index (χ1n) is 6.26. The van der Waals surface area contributed by atoms with Gasteiger partial charge in [0.05, 0.1) is 5.60 Å². The molecule has 1 aromatic rings. The van der Waals surface area contributed by atoms with Crippen LogP contribution in [0.1, 0.15) is 43.9 Å². The Hall–Kier alpha value is -0.570. The fourth-order valence-corrected chi connectivity index (χ4v) is 2.46. The van der Waals surface area contributed by atoms with Gasteiger partial charge < -0.3 is 10.4 Å². The summed E-state index contributed by atoms with van der Waals surface area (Å²) in [4.78, 5) is 0.